The van der Waals surface area contributed by atoms with E-state index in [1.807, 2.05) is 18.2 Å². The molecule has 0 aliphatic rings. The topological polar surface area (TPSA) is 52.0 Å². The Morgan fingerprint density at radius 1 is 1.15 bits per heavy atom. The van der Waals surface area contributed by atoms with Crippen molar-refractivity contribution in [1.29, 1.82) is 0 Å². The Kier molecular flexibility index (Phi) is 4.23. The van der Waals surface area contributed by atoms with Gasteiger partial charge in [0.25, 0.3) is 0 Å². The van der Waals surface area contributed by atoms with Crippen molar-refractivity contribution in [3.63, 3.8) is 0 Å². The molecule has 0 atom stereocenters. The molecular weight excluding hydrogens is 160 g/mol. The molecular formula is C11H16N2. The van der Waals surface area contributed by atoms with Crippen LogP contribution in [0.2, 0.25) is 0 Å². The minimum absolute atomic E-state index is 0.586. The molecule has 4 N–H and O–H groups in total. The van der Waals surface area contributed by atoms with E-state index in [-0.39, 0.29) is 0 Å². The summed E-state index contributed by atoms with van der Waals surface area (Å²) in [7, 11) is 0. The van der Waals surface area contributed by atoms with E-state index in [1.165, 1.54) is 11.1 Å². The van der Waals surface area contributed by atoms with Crippen molar-refractivity contribution in [2.75, 3.05) is 6.54 Å². The smallest absolute Gasteiger partial charge is 0.0184 e. The summed E-state index contributed by atoms with van der Waals surface area (Å²) in [4.78, 5) is 0. The Balaban J connectivity index is 2.74. The van der Waals surface area contributed by atoms with E-state index in [0.717, 1.165) is 6.42 Å². The molecule has 0 aliphatic heterocycles. The van der Waals surface area contributed by atoms with Crippen molar-refractivity contribution in [1.82, 2.24) is 0 Å². The number of rotatable bonds is 4. The maximum atomic E-state index is 5.60. The zero-order chi connectivity index (χ0) is 9.52. The third kappa shape index (κ3) is 3.01. The first-order chi connectivity index (χ1) is 6.38. The minimum Gasteiger partial charge on any atom is -0.330 e. The molecule has 0 aliphatic carbocycles. The molecule has 0 heterocycles. The van der Waals surface area contributed by atoms with Gasteiger partial charge >= 0.3 is 0 Å². The van der Waals surface area contributed by atoms with Crippen LogP contribution in [0.4, 0.5) is 0 Å². The van der Waals surface area contributed by atoms with Gasteiger partial charge in [0.1, 0.15) is 0 Å². The molecule has 1 rings (SSSR count). The Labute approximate surface area is 79.2 Å². The zero-order valence-corrected chi connectivity index (χ0v) is 7.74. The third-order valence-corrected chi connectivity index (χ3v) is 1.91. The second kappa shape index (κ2) is 5.51. The summed E-state index contributed by atoms with van der Waals surface area (Å²) in [6, 6.07) is 8.13. The average molecular weight is 176 g/mol. The molecule has 0 aromatic heterocycles. The predicted molar refractivity (Wildman–Crippen MR) is 57.0 cm³/mol. The van der Waals surface area contributed by atoms with E-state index in [9.17, 15) is 0 Å². The molecule has 0 saturated heterocycles. The van der Waals surface area contributed by atoms with Gasteiger partial charge in [0.05, 0.1) is 0 Å². The lowest BCUT2D eigenvalue weighted by Gasteiger charge is -2.01. The van der Waals surface area contributed by atoms with Crippen LogP contribution in [0.25, 0.3) is 6.08 Å². The first-order valence-electron chi connectivity index (χ1n) is 4.53. The average Bonchev–Trinajstić information content (AvgIpc) is 2.19. The van der Waals surface area contributed by atoms with Gasteiger partial charge in [0, 0.05) is 6.54 Å². The van der Waals surface area contributed by atoms with Crippen molar-refractivity contribution in [2.45, 2.75) is 13.0 Å². The van der Waals surface area contributed by atoms with Crippen LogP contribution in [-0.2, 0) is 6.54 Å². The highest BCUT2D eigenvalue weighted by molar-refractivity contribution is 5.53. The molecule has 13 heavy (non-hydrogen) atoms. The zero-order valence-electron chi connectivity index (χ0n) is 7.74. The quantitative estimate of drug-likeness (QED) is 0.730. The number of hydrogen-bond donors (Lipinski definition) is 2. The summed E-state index contributed by atoms with van der Waals surface area (Å²) in [6.07, 6.45) is 5.07. The van der Waals surface area contributed by atoms with Crippen LogP contribution in [0.1, 0.15) is 17.5 Å². The van der Waals surface area contributed by atoms with Crippen LogP contribution in [0.3, 0.4) is 0 Å². The summed E-state index contributed by atoms with van der Waals surface area (Å²) < 4.78 is 0. The summed E-state index contributed by atoms with van der Waals surface area (Å²) in [5.74, 6) is 0. The van der Waals surface area contributed by atoms with Crippen LogP contribution in [-0.4, -0.2) is 6.54 Å². The molecule has 2 nitrogen and oxygen atoms in total. The normalized spacial score (nSPS) is 10.9. The summed E-state index contributed by atoms with van der Waals surface area (Å²) in [6.45, 7) is 1.28. The first kappa shape index (κ1) is 9.96. The molecule has 0 amide bonds. The van der Waals surface area contributed by atoms with Crippen LogP contribution < -0.4 is 11.5 Å². The lowest BCUT2D eigenvalue weighted by Crippen LogP contribution is -1.98. The summed E-state index contributed by atoms with van der Waals surface area (Å²) in [5, 5.41) is 0. The highest BCUT2D eigenvalue weighted by Crippen LogP contribution is 2.09. The van der Waals surface area contributed by atoms with Gasteiger partial charge in [-0.25, -0.2) is 0 Å². The van der Waals surface area contributed by atoms with Gasteiger partial charge in [0.15, 0.2) is 0 Å². The van der Waals surface area contributed by atoms with Gasteiger partial charge in [-0.05, 0) is 24.1 Å². The maximum Gasteiger partial charge on any atom is 0.0184 e. The van der Waals surface area contributed by atoms with Gasteiger partial charge in [-0.1, -0.05) is 36.4 Å². The minimum atomic E-state index is 0.586. The second-order valence-corrected chi connectivity index (χ2v) is 2.88. The first-order valence-corrected chi connectivity index (χ1v) is 4.53. The number of benzene rings is 1. The van der Waals surface area contributed by atoms with E-state index in [2.05, 4.69) is 18.2 Å². The third-order valence-electron chi connectivity index (χ3n) is 1.91. The molecule has 0 unspecified atom stereocenters. The Morgan fingerprint density at radius 3 is 2.62 bits per heavy atom. The van der Waals surface area contributed by atoms with Gasteiger partial charge in [-0.2, -0.15) is 0 Å². The molecule has 0 bridgehead atoms. The van der Waals surface area contributed by atoms with Crippen molar-refractivity contribution < 1.29 is 0 Å². The lowest BCUT2D eigenvalue weighted by atomic mass is 10.1. The highest BCUT2D eigenvalue weighted by atomic mass is 14.5. The Morgan fingerprint density at radius 2 is 1.92 bits per heavy atom. The van der Waals surface area contributed by atoms with Gasteiger partial charge in [-0.15, -0.1) is 0 Å². The highest BCUT2D eigenvalue weighted by Gasteiger charge is 1.93. The standard InChI is InChI=1S/C11H16N2/c12-8-4-3-6-10-5-1-2-7-11(10)9-13/h1-3,5-7H,4,8-9,12-13H2. The van der Waals surface area contributed by atoms with E-state index >= 15 is 0 Å². The van der Waals surface area contributed by atoms with Crippen LogP contribution in [0.15, 0.2) is 30.3 Å². The van der Waals surface area contributed by atoms with Crippen molar-refractivity contribution >= 4 is 6.08 Å². The van der Waals surface area contributed by atoms with Gasteiger partial charge in [0.2, 0.25) is 0 Å². The fourth-order valence-corrected chi connectivity index (χ4v) is 1.19. The van der Waals surface area contributed by atoms with Crippen molar-refractivity contribution in [3.8, 4) is 0 Å². The van der Waals surface area contributed by atoms with E-state index in [0.29, 0.717) is 13.1 Å². The van der Waals surface area contributed by atoms with E-state index in [1.54, 1.807) is 0 Å². The predicted octanol–water partition coefficient (Wildman–Crippen LogP) is 1.51. The van der Waals surface area contributed by atoms with Crippen LogP contribution in [0.5, 0.6) is 0 Å². The van der Waals surface area contributed by atoms with Crippen molar-refractivity contribution in [3.05, 3.63) is 41.5 Å². The number of nitrogens with two attached hydrogens (primary N) is 2. The monoisotopic (exact) mass is 176 g/mol. The fraction of sp³-hybridized carbons (Fsp3) is 0.273. The van der Waals surface area contributed by atoms with Crippen LogP contribution in [0, 0.1) is 0 Å². The van der Waals surface area contributed by atoms with Gasteiger partial charge in [-0.3, -0.25) is 0 Å². The molecule has 0 spiro atoms. The van der Waals surface area contributed by atoms with Gasteiger partial charge < -0.3 is 11.5 Å². The Hall–Kier alpha value is -1.12. The maximum absolute atomic E-state index is 5.60. The SMILES string of the molecule is NCCC=Cc1ccccc1CN. The number of hydrogen-bond acceptors (Lipinski definition) is 2. The summed E-state index contributed by atoms with van der Waals surface area (Å²) >= 11 is 0. The largest absolute Gasteiger partial charge is 0.330 e. The molecule has 1 aromatic rings. The summed E-state index contributed by atoms with van der Waals surface area (Å²) in [5.41, 5.74) is 13.4. The molecule has 0 fully saturated rings. The van der Waals surface area contributed by atoms with E-state index < -0.39 is 0 Å². The molecule has 0 saturated carbocycles. The second-order valence-electron chi connectivity index (χ2n) is 2.88. The fourth-order valence-electron chi connectivity index (χ4n) is 1.19. The Bertz CT molecular complexity index is 279. The van der Waals surface area contributed by atoms with Crippen molar-refractivity contribution in [2.24, 2.45) is 11.5 Å². The van der Waals surface area contributed by atoms with Crippen LogP contribution >= 0.6 is 0 Å². The molecule has 2 heteroatoms. The molecule has 1 aromatic carbocycles. The molecule has 0 radical (unpaired) electrons. The lowest BCUT2D eigenvalue weighted by molar-refractivity contribution is 1.01. The molecule has 70 valence electrons. The van der Waals surface area contributed by atoms with E-state index in [4.69, 9.17) is 11.5 Å².